The molecule has 4 nitrogen and oxygen atoms in total. The molecule has 0 aliphatic rings. The molecule has 8 heteroatoms. The molecule has 0 saturated heterocycles. The maximum Gasteiger partial charge on any atom is 0.416 e. The van der Waals surface area contributed by atoms with Crippen molar-refractivity contribution in [3.63, 3.8) is 0 Å². The van der Waals surface area contributed by atoms with Gasteiger partial charge in [-0.1, -0.05) is 24.3 Å². The predicted molar refractivity (Wildman–Crippen MR) is 118 cm³/mol. The van der Waals surface area contributed by atoms with Gasteiger partial charge in [0.2, 0.25) is 0 Å². The number of pyridine rings is 1. The first-order valence-electron chi connectivity index (χ1n) is 9.41. The minimum absolute atomic E-state index is 0.383. The molecule has 2 N–H and O–H groups in total. The van der Waals surface area contributed by atoms with Crippen molar-refractivity contribution in [3.05, 3.63) is 84.6 Å². The summed E-state index contributed by atoms with van der Waals surface area (Å²) in [6.45, 7) is 0. The molecule has 154 valence electrons. The molecule has 0 aliphatic carbocycles. The van der Waals surface area contributed by atoms with Crippen LogP contribution in [0.3, 0.4) is 0 Å². The molecule has 0 amide bonds. The first kappa shape index (κ1) is 19.4. The minimum Gasteiger partial charge on any atom is -0.338 e. The number of halogens is 3. The maximum atomic E-state index is 12.9. The third kappa shape index (κ3) is 4.06. The number of hydrogen-bond acceptors (Lipinski definition) is 4. The molecule has 2 heterocycles. The van der Waals surface area contributed by atoms with Gasteiger partial charge in [-0.3, -0.25) is 4.98 Å². The molecule has 0 fully saturated rings. The molecule has 5 aromatic rings. The molecule has 0 bridgehead atoms. The fraction of sp³-hybridized carbons (Fsp3) is 0.0435. The van der Waals surface area contributed by atoms with E-state index in [0.717, 1.165) is 50.4 Å². The number of benzene rings is 3. The van der Waals surface area contributed by atoms with E-state index in [0.29, 0.717) is 5.69 Å². The number of H-pyrrole nitrogens is 1. The van der Waals surface area contributed by atoms with E-state index in [9.17, 15) is 13.2 Å². The Hall–Kier alpha value is -3.52. The SMILES string of the molecule is FC(F)(F)c1cccc(NSc2ccc3nc(-c4ccc5cccnc5c4)[nH]c3c2)c1. The lowest BCUT2D eigenvalue weighted by Crippen LogP contribution is -2.04. The summed E-state index contributed by atoms with van der Waals surface area (Å²) in [4.78, 5) is 13.2. The van der Waals surface area contributed by atoms with Crippen LogP contribution in [0, 0.1) is 0 Å². The Labute approximate surface area is 179 Å². The van der Waals surface area contributed by atoms with Crippen LogP contribution in [0.5, 0.6) is 0 Å². The average molecular weight is 436 g/mol. The number of imidazole rings is 1. The highest BCUT2D eigenvalue weighted by Gasteiger charge is 2.30. The van der Waals surface area contributed by atoms with Crippen molar-refractivity contribution in [3.8, 4) is 11.4 Å². The van der Waals surface area contributed by atoms with Crippen LogP contribution >= 0.6 is 11.9 Å². The van der Waals surface area contributed by atoms with Crippen molar-refractivity contribution < 1.29 is 13.2 Å². The number of hydrogen-bond donors (Lipinski definition) is 2. The van der Waals surface area contributed by atoms with Crippen LogP contribution in [0.25, 0.3) is 33.3 Å². The number of nitrogens with zero attached hydrogens (tertiary/aromatic N) is 2. The Morgan fingerprint density at radius 3 is 2.65 bits per heavy atom. The van der Waals surface area contributed by atoms with Gasteiger partial charge in [0.05, 0.1) is 22.1 Å². The van der Waals surface area contributed by atoms with Crippen LogP contribution in [0.4, 0.5) is 18.9 Å². The molecule has 0 unspecified atom stereocenters. The summed E-state index contributed by atoms with van der Waals surface area (Å²) in [5.41, 5.74) is 3.16. The summed E-state index contributed by atoms with van der Waals surface area (Å²) < 4.78 is 41.6. The zero-order valence-electron chi connectivity index (χ0n) is 15.9. The molecule has 0 atom stereocenters. The monoisotopic (exact) mass is 436 g/mol. The number of rotatable bonds is 4. The Kier molecular flexibility index (Phi) is 4.78. The van der Waals surface area contributed by atoms with Crippen molar-refractivity contribution in [1.29, 1.82) is 0 Å². The smallest absolute Gasteiger partial charge is 0.338 e. The summed E-state index contributed by atoms with van der Waals surface area (Å²) in [7, 11) is 0. The van der Waals surface area contributed by atoms with E-state index in [1.165, 1.54) is 18.0 Å². The average Bonchev–Trinajstić information content (AvgIpc) is 3.20. The largest absolute Gasteiger partial charge is 0.416 e. The first-order valence-corrected chi connectivity index (χ1v) is 10.2. The Balaban J connectivity index is 1.38. The first-order chi connectivity index (χ1) is 15.0. The second kappa shape index (κ2) is 7.63. The second-order valence-corrected chi connectivity index (χ2v) is 7.84. The number of anilines is 1. The molecule has 5 rings (SSSR count). The number of nitrogens with one attached hydrogen (secondary N) is 2. The lowest BCUT2D eigenvalue weighted by Gasteiger charge is -2.10. The number of aromatic amines is 1. The van der Waals surface area contributed by atoms with E-state index >= 15 is 0 Å². The van der Waals surface area contributed by atoms with Crippen molar-refractivity contribution in [2.75, 3.05) is 4.72 Å². The van der Waals surface area contributed by atoms with Crippen molar-refractivity contribution in [2.45, 2.75) is 11.1 Å². The number of alkyl halides is 3. The molecule has 0 spiro atoms. The van der Waals surface area contributed by atoms with Gasteiger partial charge in [-0.2, -0.15) is 13.2 Å². The van der Waals surface area contributed by atoms with Crippen molar-refractivity contribution in [1.82, 2.24) is 15.0 Å². The van der Waals surface area contributed by atoms with Crippen LogP contribution in [-0.4, -0.2) is 15.0 Å². The highest BCUT2D eigenvalue weighted by molar-refractivity contribution is 8.00. The maximum absolute atomic E-state index is 12.9. The van der Waals surface area contributed by atoms with Gasteiger partial charge in [0.25, 0.3) is 0 Å². The normalized spacial score (nSPS) is 11.8. The topological polar surface area (TPSA) is 53.6 Å². The second-order valence-electron chi connectivity index (χ2n) is 6.96. The Morgan fingerprint density at radius 2 is 1.77 bits per heavy atom. The van der Waals surface area contributed by atoms with Gasteiger partial charge in [-0.15, -0.1) is 0 Å². The molecule has 0 radical (unpaired) electrons. The van der Waals surface area contributed by atoms with Crippen LogP contribution < -0.4 is 4.72 Å². The highest BCUT2D eigenvalue weighted by Crippen LogP contribution is 2.32. The van der Waals surface area contributed by atoms with Gasteiger partial charge in [0, 0.05) is 27.7 Å². The van der Waals surface area contributed by atoms with E-state index in [4.69, 9.17) is 0 Å². The summed E-state index contributed by atoms with van der Waals surface area (Å²) >= 11 is 1.24. The molecule has 3 aromatic carbocycles. The predicted octanol–water partition coefficient (Wildman–Crippen LogP) is 6.92. The van der Waals surface area contributed by atoms with Crippen LogP contribution in [0.15, 0.2) is 83.9 Å². The van der Waals surface area contributed by atoms with Gasteiger partial charge in [-0.25, -0.2) is 4.98 Å². The summed E-state index contributed by atoms with van der Waals surface area (Å²) in [5.74, 6) is 0.732. The van der Waals surface area contributed by atoms with Crippen molar-refractivity contribution in [2.24, 2.45) is 0 Å². The minimum atomic E-state index is -4.37. The molecular formula is C23H15F3N4S. The molecule has 0 saturated carbocycles. The molecule has 0 aliphatic heterocycles. The fourth-order valence-corrected chi connectivity index (χ4v) is 3.96. The van der Waals surface area contributed by atoms with Crippen LogP contribution in [-0.2, 0) is 6.18 Å². The lowest BCUT2D eigenvalue weighted by atomic mass is 10.1. The third-order valence-corrected chi connectivity index (χ3v) is 5.64. The van der Waals surface area contributed by atoms with E-state index in [-0.39, 0.29) is 0 Å². The third-order valence-electron chi connectivity index (χ3n) is 4.81. The van der Waals surface area contributed by atoms with Gasteiger partial charge in [0.1, 0.15) is 5.82 Å². The number of aromatic nitrogens is 3. The van der Waals surface area contributed by atoms with Gasteiger partial charge >= 0.3 is 6.18 Å². The van der Waals surface area contributed by atoms with Crippen LogP contribution in [0.2, 0.25) is 0 Å². The van der Waals surface area contributed by atoms with E-state index in [1.54, 1.807) is 12.3 Å². The summed E-state index contributed by atoms with van der Waals surface area (Å²) in [6, 6.07) is 20.7. The standard InChI is InChI=1S/C23H15F3N4S/c24-23(25,26)16-4-1-5-17(12-16)30-31-18-8-9-19-21(13-18)29-22(28-19)15-7-6-14-3-2-10-27-20(14)11-15/h1-13,30H,(H,28,29). The van der Waals surface area contributed by atoms with Crippen molar-refractivity contribution >= 4 is 39.6 Å². The van der Waals surface area contributed by atoms with E-state index in [1.807, 2.05) is 48.5 Å². The van der Waals surface area contributed by atoms with Gasteiger partial charge < -0.3 is 9.71 Å². The van der Waals surface area contributed by atoms with E-state index in [2.05, 4.69) is 19.7 Å². The zero-order valence-corrected chi connectivity index (χ0v) is 16.8. The lowest BCUT2D eigenvalue weighted by molar-refractivity contribution is -0.137. The van der Waals surface area contributed by atoms with Crippen LogP contribution in [0.1, 0.15) is 5.56 Å². The fourth-order valence-electron chi connectivity index (χ4n) is 3.28. The summed E-state index contributed by atoms with van der Waals surface area (Å²) in [5, 5.41) is 1.06. The van der Waals surface area contributed by atoms with E-state index < -0.39 is 11.7 Å². The molecular weight excluding hydrogens is 421 g/mol. The molecule has 2 aromatic heterocycles. The Bertz CT molecular complexity index is 1390. The summed E-state index contributed by atoms with van der Waals surface area (Å²) in [6.07, 6.45) is -2.61. The Morgan fingerprint density at radius 1 is 0.871 bits per heavy atom. The van der Waals surface area contributed by atoms with Gasteiger partial charge in [-0.05, 0) is 60.5 Å². The quantitative estimate of drug-likeness (QED) is 0.300. The molecule has 31 heavy (non-hydrogen) atoms. The highest BCUT2D eigenvalue weighted by atomic mass is 32.2. The van der Waals surface area contributed by atoms with Gasteiger partial charge in [0.15, 0.2) is 0 Å². The zero-order chi connectivity index (χ0) is 21.4. The number of fused-ring (bicyclic) bond motifs is 2.